The van der Waals surface area contributed by atoms with Crippen LogP contribution in [0.25, 0.3) is 0 Å². The van der Waals surface area contributed by atoms with E-state index in [-0.39, 0.29) is 6.42 Å². The number of amides is 1. The topological polar surface area (TPSA) is 78.5 Å². The van der Waals surface area contributed by atoms with E-state index in [1.165, 1.54) is 7.11 Å². The predicted octanol–water partition coefficient (Wildman–Crippen LogP) is 1.96. The van der Waals surface area contributed by atoms with Crippen molar-refractivity contribution < 1.29 is 19.4 Å². The van der Waals surface area contributed by atoms with Crippen LogP contribution in [0.3, 0.4) is 0 Å². The summed E-state index contributed by atoms with van der Waals surface area (Å²) >= 11 is 5.83. The normalized spacial score (nSPS) is 11.6. The molecule has 23 heavy (non-hydrogen) atoms. The lowest BCUT2D eigenvalue weighted by molar-refractivity contribution is -0.306. The molecule has 0 aliphatic heterocycles. The Bertz CT molecular complexity index is 700. The molecule has 0 heterocycles. The molecule has 0 unspecified atom stereocenters. The molecule has 1 atom stereocenters. The molecule has 0 saturated carbocycles. The van der Waals surface area contributed by atoms with E-state index in [9.17, 15) is 14.7 Å². The summed E-state index contributed by atoms with van der Waals surface area (Å²) in [6, 6.07) is 12.5. The Labute approximate surface area is 138 Å². The highest BCUT2D eigenvalue weighted by Crippen LogP contribution is 2.20. The van der Waals surface area contributed by atoms with Gasteiger partial charge in [-0.25, -0.2) is 0 Å². The zero-order chi connectivity index (χ0) is 16.8. The number of carboxylic acid groups (broad SMARTS) is 1. The summed E-state index contributed by atoms with van der Waals surface area (Å²) in [4.78, 5) is 23.3. The minimum absolute atomic E-state index is 0.336. The maximum Gasteiger partial charge on any atom is 0.251 e. The van der Waals surface area contributed by atoms with Crippen molar-refractivity contribution in [3.8, 4) is 5.75 Å². The van der Waals surface area contributed by atoms with Crippen LogP contribution in [-0.4, -0.2) is 19.0 Å². The van der Waals surface area contributed by atoms with Gasteiger partial charge in [-0.15, -0.1) is 0 Å². The molecule has 2 aromatic rings. The van der Waals surface area contributed by atoms with Crippen molar-refractivity contribution >= 4 is 23.5 Å². The lowest BCUT2D eigenvalue weighted by Gasteiger charge is -2.20. The number of hydrogen-bond acceptors (Lipinski definition) is 4. The Balaban J connectivity index is 2.21. The van der Waals surface area contributed by atoms with Crippen LogP contribution in [-0.2, 0) is 4.79 Å². The van der Waals surface area contributed by atoms with Crippen molar-refractivity contribution in [1.29, 1.82) is 0 Å². The highest BCUT2D eigenvalue weighted by Gasteiger charge is 2.16. The number of hydrogen-bond donors (Lipinski definition) is 1. The van der Waals surface area contributed by atoms with Gasteiger partial charge in [0.15, 0.2) is 0 Å². The number of carbonyl (C=O) groups is 2. The van der Waals surface area contributed by atoms with E-state index in [0.717, 1.165) is 0 Å². The Kier molecular flexibility index (Phi) is 5.60. The van der Waals surface area contributed by atoms with Crippen molar-refractivity contribution in [2.75, 3.05) is 7.11 Å². The molecule has 0 aromatic heterocycles. The second-order valence-corrected chi connectivity index (χ2v) is 5.32. The van der Waals surface area contributed by atoms with E-state index in [0.29, 0.717) is 21.9 Å². The molecule has 5 nitrogen and oxygen atoms in total. The van der Waals surface area contributed by atoms with Crippen LogP contribution in [0.1, 0.15) is 28.4 Å². The first-order valence-electron chi connectivity index (χ1n) is 6.90. The summed E-state index contributed by atoms with van der Waals surface area (Å²) in [5, 5.41) is 14.2. The molecule has 0 radical (unpaired) electrons. The van der Waals surface area contributed by atoms with Gasteiger partial charge in [0.2, 0.25) is 0 Å². The molecule has 0 saturated heterocycles. The minimum Gasteiger partial charge on any atom is -0.550 e. The Morgan fingerprint density at radius 2 is 1.91 bits per heavy atom. The van der Waals surface area contributed by atoms with Crippen molar-refractivity contribution in [3.63, 3.8) is 0 Å². The molecular weight excluding hydrogens is 318 g/mol. The Morgan fingerprint density at radius 1 is 1.22 bits per heavy atom. The van der Waals surface area contributed by atoms with Crippen LogP contribution in [0, 0.1) is 0 Å². The van der Waals surface area contributed by atoms with E-state index in [1.54, 1.807) is 48.5 Å². The van der Waals surface area contributed by atoms with Gasteiger partial charge < -0.3 is 20.0 Å². The highest BCUT2D eigenvalue weighted by molar-refractivity contribution is 6.30. The number of rotatable bonds is 6. The van der Waals surface area contributed by atoms with Gasteiger partial charge in [-0.2, -0.15) is 0 Å². The van der Waals surface area contributed by atoms with Gasteiger partial charge in [0.1, 0.15) is 5.75 Å². The third-order valence-corrected chi connectivity index (χ3v) is 3.53. The summed E-state index contributed by atoms with van der Waals surface area (Å²) in [6.07, 6.45) is -0.336. The predicted molar refractivity (Wildman–Crippen MR) is 84.3 cm³/mol. The average Bonchev–Trinajstić information content (AvgIpc) is 2.54. The summed E-state index contributed by atoms with van der Waals surface area (Å²) in [6.45, 7) is 0. The Morgan fingerprint density at radius 3 is 2.52 bits per heavy atom. The van der Waals surface area contributed by atoms with Crippen LogP contribution < -0.4 is 15.2 Å². The molecule has 0 fully saturated rings. The summed E-state index contributed by atoms with van der Waals surface area (Å²) in [5.74, 6) is -1.11. The molecule has 120 valence electrons. The number of ether oxygens (including phenoxy) is 1. The third kappa shape index (κ3) is 4.72. The monoisotopic (exact) mass is 332 g/mol. The summed E-state index contributed by atoms with van der Waals surface area (Å²) in [5.41, 5.74) is 1.01. The maximum atomic E-state index is 12.3. The highest BCUT2D eigenvalue weighted by atomic mass is 35.5. The number of nitrogens with one attached hydrogen (secondary N) is 1. The Hall–Kier alpha value is -2.53. The molecule has 0 spiro atoms. The lowest BCUT2D eigenvalue weighted by Crippen LogP contribution is -2.34. The molecule has 0 aliphatic carbocycles. The van der Waals surface area contributed by atoms with Crippen molar-refractivity contribution in [3.05, 3.63) is 64.7 Å². The van der Waals surface area contributed by atoms with Crippen LogP contribution in [0.2, 0.25) is 5.02 Å². The molecule has 1 amide bonds. The van der Waals surface area contributed by atoms with Gasteiger partial charge >= 0.3 is 0 Å². The number of methoxy groups -OCH3 is 1. The largest absolute Gasteiger partial charge is 0.550 e. The first kappa shape index (κ1) is 16.8. The van der Waals surface area contributed by atoms with E-state index in [2.05, 4.69) is 5.32 Å². The second kappa shape index (κ2) is 7.65. The number of carboxylic acids is 1. The molecule has 1 N–H and O–H groups in total. The van der Waals surface area contributed by atoms with Crippen molar-refractivity contribution in [2.45, 2.75) is 12.5 Å². The second-order valence-electron chi connectivity index (χ2n) is 4.89. The first-order chi connectivity index (χ1) is 11.0. The molecule has 0 bridgehead atoms. The van der Waals surface area contributed by atoms with Gasteiger partial charge in [0.25, 0.3) is 5.91 Å². The molecule has 2 aromatic carbocycles. The number of carbonyl (C=O) groups excluding carboxylic acids is 2. The molecule has 0 aliphatic rings. The van der Waals surface area contributed by atoms with E-state index in [1.807, 2.05) is 0 Å². The fourth-order valence-corrected chi connectivity index (χ4v) is 2.25. The van der Waals surface area contributed by atoms with Crippen molar-refractivity contribution in [2.24, 2.45) is 0 Å². The lowest BCUT2D eigenvalue weighted by atomic mass is 10.0. The summed E-state index contributed by atoms with van der Waals surface area (Å²) < 4.78 is 5.07. The zero-order valence-electron chi connectivity index (χ0n) is 12.4. The van der Waals surface area contributed by atoms with Crippen LogP contribution in [0.15, 0.2) is 48.5 Å². The number of aliphatic carboxylic acids is 1. The first-order valence-corrected chi connectivity index (χ1v) is 7.27. The quantitative estimate of drug-likeness (QED) is 0.877. The zero-order valence-corrected chi connectivity index (χ0v) is 13.2. The van der Waals surface area contributed by atoms with Gasteiger partial charge in [-0.05, 0) is 35.9 Å². The number of benzene rings is 2. The molecule has 2 rings (SSSR count). The van der Waals surface area contributed by atoms with Gasteiger partial charge in [0.05, 0.1) is 13.2 Å². The summed E-state index contributed by atoms with van der Waals surface area (Å²) in [7, 11) is 1.50. The van der Waals surface area contributed by atoms with Gasteiger partial charge in [0, 0.05) is 23.0 Å². The third-order valence-electron chi connectivity index (χ3n) is 3.28. The fourth-order valence-electron chi connectivity index (χ4n) is 2.12. The maximum absolute atomic E-state index is 12.3. The molecular formula is C17H15ClNO4-. The van der Waals surface area contributed by atoms with E-state index >= 15 is 0 Å². The SMILES string of the molecule is COc1cccc(C(=O)N[C@H](CC(=O)[O-])c2ccc(Cl)cc2)c1. The standard InChI is InChI=1S/C17H16ClNO4/c1-23-14-4-2-3-12(9-14)17(22)19-15(10-16(20)21)11-5-7-13(18)8-6-11/h2-9,15H,10H2,1H3,(H,19,22)(H,20,21)/p-1/t15-/m1/s1. The van der Waals surface area contributed by atoms with Crippen molar-refractivity contribution in [1.82, 2.24) is 5.32 Å². The van der Waals surface area contributed by atoms with Gasteiger partial charge in [-0.1, -0.05) is 29.8 Å². The number of halogens is 1. The van der Waals surface area contributed by atoms with E-state index < -0.39 is 17.9 Å². The fraction of sp³-hybridized carbons (Fsp3) is 0.176. The van der Waals surface area contributed by atoms with Gasteiger partial charge in [-0.3, -0.25) is 4.79 Å². The van der Waals surface area contributed by atoms with Crippen LogP contribution in [0.5, 0.6) is 5.75 Å². The average molecular weight is 333 g/mol. The minimum atomic E-state index is -1.25. The molecule has 6 heteroatoms. The van der Waals surface area contributed by atoms with E-state index in [4.69, 9.17) is 16.3 Å². The van der Waals surface area contributed by atoms with Crippen LogP contribution >= 0.6 is 11.6 Å². The smallest absolute Gasteiger partial charge is 0.251 e. The van der Waals surface area contributed by atoms with Crippen LogP contribution in [0.4, 0.5) is 0 Å².